The van der Waals surface area contributed by atoms with Gasteiger partial charge in [-0.15, -0.1) is 0 Å². The molecule has 5 heteroatoms. The van der Waals surface area contributed by atoms with Crippen LogP contribution in [0.4, 0.5) is 5.82 Å². The number of thioether (sulfide) groups is 1. The molecular weight excluding hydrogens is 278 g/mol. The Bertz CT molecular complexity index is 572. The van der Waals surface area contributed by atoms with Crippen molar-refractivity contribution in [3.8, 4) is 0 Å². The molecule has 0 spiro atoms. The van der Waals surface area contributed by atoms with Crippen LogP contribution in [-0.2, 0) is 0 Å². The second-order valence-electron chi connectivity index (χ2n) is 4.69. The van der Waals surface area contributed by atoms with E-state index in [0.29, 0.717) is 11.1 Å². The zero-order chi connectivity index (χ0) is 13.8. The van der Waals surface area contributed by atoms with E-state index in [1.807, 2.05) is 24.0 Å². The van der Waals surface area contributed by atoms with Gasteiger partial charge in [-0.25, -0.2) is 9.97 Å². The maximum atomic E-state index is 6.02. The number of pyridine rings is 2. The molecule has 0 atom stereocenters. The fraction of sp³-hybridized carbons (Fsp3) is 0.429. The molecule has 0 fully saturated rings. The zero-order valence-corrected chi connectivity index (χ0v) is 13.0. The molecule has 19 heavy (non-hydrogen) atoms. The highest BCUT2D eigenvalue weighted by molar-refractivity contribution is 7.98. The molecule has 0 aliphatic heterocycles. The number of fused-ring (bicyclic) bond motifs is 1. The predicted molar refractivity (Wildman–Crippen MR) is 85.5 cm³/mol. The van der Waals surface area contributed by atoms with E-state index < -0.39 is 0 Å². The largest absolute Gasteiger partial charge is 0.369 e. The lowest BCUT2D eigenvalue weighted by Gasteiger charge is -2.13. The molecule has 2 aromatic rings. The minimum atomic E-state index is 0.411. The Labute approximate surface area is 123 Å². The Hall–Kier alpha value is -1.00. The maximum Gasteiger partial charge on any atom is 0.135 e. The molecule has 1 N–H and O–H groups in total. The first-order chi connectivity index (χ1) is 9.13. The number of nitrogens with zero attached hydrogens (tertiary/aromatic N) is 2. The summed E-state index contributed by atoms with van der Waals surface area (Å²) in [4.78, 5) is 8.70. The predicted octanol–water partition coefficient (Wildman–Crippen LogP) is 4.18. The number of rotatable bonds is 5. The third-order valence-electron chi connectivity index (χ3n) is 2.99. The average Bonchev–Trinajstić information content (AvgIpc) is 2.38. The SMILES string of the molecule is CSCCNc1ncc(C(C)C)c2cc(Cl)ncc12. The van der Waals surface area contributed by atoms with Gasteiger partial charge in [0.1, 0.15) is 11.0 Å². The summed E-state index contributed by atoms with van der Waals surface area (Å²) in [5.41, 5.74) is 1.20. The Balaban J connectivity index is 2.47. The molecule has 0 bridgehead atoms. The van der Waals surface area contributed by atoms with Crippen molar-refractivity contribution in [2.45, 2.75) is 19.8 Å². The Kier molecular flexibility index (Phi) is 4.88. The number of halogens is 1. The molecule has 2 heterocycles. The van der Waals surface area contributed by atoms with E-state index in [-0.39, 0.29) is 0 Å². The van der Waals surface area contributed by atoms with Gasteiger partial charge in [-0.1, -0.05) is 25.4 Å². The van der Waals surface area contributed by atoms with Crippen molar-refractivity contribution in [1.82, 2.24) is 9.97 Å². The molecule has 3 nitrogen and oxygen atoms in total. The average molecular weight is 296 g/mol. The first kappa shape index (κ1) is 14.4. The van der Waals surface area contributed by atoms with Gasteiger partial charge in [0.05, 0.1) is 0 Å². The second-order valence-corrected chi connectivity index (χ2v) is 6.06. The smallest absolute Gasteiger partial charge is 0.135 e. The molecule has 2 aromatic heterocycles. The van der Waals surface area contributed by atoms with Crippen LogP contribution in [-0.4, -0.2) is 28.5 Å². The first-order valence-electron chi connectivity index (χ1n) is 6.30. The molecule has 2 rings (SSSR count). The number of hydrogen-bond donors (Lipinski definition) is 1. The van der Waals surface area contributed by atoms with Crippen LogP contribution in [0.5, 0.6) is 0 Å². The molecule has 0 saturated carbocycles. The second kappa shape index (κ2) is 6.44. The lowest BCUT2D eigenvalue weighted by Crippen LogP contribution is -2.07. The van der Waals surface area contributed by atoms with Crippen molar-refractivity contribution in [1.29, 1.82) is 0 Å². The summed E-state index contributed by atoms with van der Waals surface area (Å²) in [6.07, 6.45) is 5.83. The molecule has 0 radical (unpaired) electrons. The summed E-state index contributed by atoms with van der Waals surface area (Å²) in [6, 6.07) is 1.92. The van der Waals surface area contributed by atoms with Crippen LogP contribution >= 0.6 is 23.4 Å². The topological polar surface area (TPSA) is 37.8 Å². The van der Waals surface area contributed by atoms with E-state index in [1.54, 1.807) is 6.20 Å². The normalized spacial score (nSPS) is 11.2. The van der Waals surface area contributed by atoms with Crippen LogP contribution in [0, 0.1) is 0 Å². The highest BCUT2D eigenvalue weighted by atomic mass is 35.5. The van der Waals surface area contributed by atoms with Gasteiger partial charge in [-0.05, 0) is 29.2 Å². The van der Waals surface area contributed by atoms with Crippen LogP contribution in [0.15, 0.2) is 18.5 Å². The van der Waals surface area contributed by atoms with E-state index in [9.17, 15) is 0 Å². The van der Waals surface area contributed by atoms with Crippen molar-refractivity contribution < 1.29 is 0 Å². The van der Waals surface area contributed by atoms with Gasteiger partial charge in [-0.2, -0.15) is 11.8 Å². The highest BCUT2D eigenvalue weighted by Gasteiger charge is 2.11. The van der Waals surface area contributed by atoms with Crippen molar-refractivity contribution in [3.63, 3.8) is 0 Å². The first-order valence-corrected chi connectivity index (χ1v) is 8.07. The summed E-state index contributed by atoms with van der Waals surface area (Å²) in [5, 5.41) is 6.06. The molecular formula is C14H18ClN3S. The van der Waals surface area contributed by atoms with Gasteiger partial charge >= 0.3 is 0 Å². The summed E-state index contributed by atoms with van der Waals surface area (Å²) < 4.78 is 0. The van der Waals surface area contributed by atoms with Gasteiger partial charge in [0, 0.05) is 30.1 Å². The molecule has 0 aliphatic rings. The number of nitrogens with one attached hydrogen (secondary N) is 1. The van der Waals surface area contributed by atoms with Crippen LogP contribution in [0.2, 0.25) is 5.15 Å². The van der Waals surface area contributed by atoms with Crippen molar-refractivity contribution in [3.05, 3.63) is 29.2 Å². The van der Waals surface area contributed by atoms with E-state index in [4.69, 9.17) is 11.6 Å². The minimum Gasteiger partial charge on any atom is -0.369 e. The molecule has 0 aromatic carbocycles. The van der Waals surface area contributed by atoms with Gasteiger partial charge < -0.3 is 5.32 Å². The number of anilines is 1. The highest BCUT2D eigenvalue weighted by Crippen LogP contribution is 2.30. The lowest BCUT2D eigenvalue weighted by atomic mass is 9.99. The van der Waals surface area contributed by atoms with Crippen LogP contribution in [0.25, 0.3) is 10.8 Å². The fourth-order valence-corrected chi connectivity index (χ4v) is 2.47. The number of aromatic nitrogens is 2. The fourth-order valence-electron chi connectivity index (χ4n) is 2.00. The Morgan fingerprint density at radius 2 is 2.05 bits per heavy atom. The zero-order valence-electron chi connectivity index (χ0n) is 11.4. The van der Waals surface area contributed by atoms with Crippen LogP contribution in [0.3, 0.4) is 0 Å². The molecule has 0 amide bonds. The number of hydrogen-bond acceptors (Lipinski definition) is 4. The quantitative estimate of drug-likeness (QED) is 0.663. The minimum absolute atomic E-state index is 0.411. The maximum absolute atomic E-state index is 6.02. The molecule has 0 unspecified atom stereocenters. The van der Waals surface area contributed by atoms with E-state index in [1.165, 1.54) is 5.56 Å². The van der Waals surface area contributed by atoms with E-state index in [0.717, 1.165) is 28.9 Å². The third kappa shape index (κ3) is 3.31. The van der Waals surface area contributed by atoms with Crippen LogP contribution in [0.1, 0.15) is 25.3 Å². The van der Waals surface area contributed by atoms with Crippen molar-refractivity contribution in [2.24, 2.45) is 0 Å². The van der Waals surface area contributed by atoms with Gasteiger partial charge in [-0.3, -0.25) is 0 Å². The summed E-state index contributed by atoms with van der Waals surface area (Å²) in [5.74, 6) is 2.35. The van der Waals surface area contributed by atoms with E-state index >= 15 is 0 Å². The van der Waals surface area contributed by atoms with Crippen molar-refractivity contribution >= 4 is 40.0 Å². The Morgan fingerprint density at radius 3 is 2.74 bits per heavy atom. The molecule has 0 saturated heterocycles. The standard InChI is InChI=1S/C14H18ClN3S/c1-9(2)11-7-18-14(16-4-5-19-3)12-8-17-13(15)6-10(11)12/h6-9H,4-5H2,1-3H3,(H,16,18). The van der Waals surface area contributed by atoms with E-state index in [2.05, 4.69) is 35.4 Å². The molecule has 102 valence electrons. The summed E-state index contributed by atoms with van der Waals surface area (Å²) in [6.45, 7) is 5.21. The molecule has 0 aliphatic carbocycles. The summed E-state index contributed by atoms with van der Waals surface area (Å²) >= 11 is 7.83. The van der Waals surface area contributed by atoms with Crippen LogP contribution < -0.4 is 5.32 Å². The summed E-state index contributed by atoms with van der Waals surface area (Å²) in [7, 11) is 0. The Morgan fingerprint density at radius 1 is 1.26 bits per heavy atom. The van der Waals surface area contributed by atoms with Crippen molar-refractivity contribution in [2.75, 3.05) is 23.9 Å². The monoisotopic (exact) mass is 295 g/mol. The lowest BCUT2D eigenvalue weighted by molar-refractivity contribution is 0.868. The van der Waals surface area contributed by atoms with Gasteiger partial charge in [0.15, 0.2) is 0 Å². The third-order valence-corrected chi connectivity index (χ3v) is 3.81. The van der Waals surface area contributed by atoms with Gasteiger partial charge in [0.2, 0.25) is 0 Å². The van der Waals surface area contributed by atoms with Gasteiger partial charge in [0.25, 0.3) is 0 Å².